The van der Waals surface area contributed by atoms with Gasteiger partial charge < -0.3 is 0 Å². The van der Waals surface area contributed by atoms with Crippen LogP contribution in [0.15, 0.2) is 115 Å². The molecule has 0 aliphatic heterocycles. The molecule has 18 atom stereocenters. The van der Waals surface area contributed by atoms with E-state index in [1.54, 1.807) is 23.9 Å². The van der Waals surface area contributed by atoms with E-state index in [9.17, 15) is 27.6 Å². The second kappa shape index (κ2) is 23.1. The molecule has 12 aliphatic rings. The monoisotopic (exact) mass is 1190 g/mol. The highest BCUT2D eigenvalue weighted by atomic mass is 19.3. The number of halogens is 3. The maximum Gasteiger partial charge on any atom is 0.265 e. The third kappa shape index (κ3) is 9.88. The summed E-state index contributed by atoms with van der Waals surface area (Å²) in [5.74, 6) is 8.40. The van der Waals surface area contributed by atoms with Crippen molar-refractivity contribution in [2.24, 2.45) is 104 Å². The first kappa shape index (κ1) is 61.5. The van der Waals surface area contributed by atoms with Crippen LogP contribution in [0.5, 0.6) is 0 Å². The number of carbonyl (C=O) groups excluding carboxylic acids is 3. The van der Waals surface area contributed by atoms with Gasteiger partial charge in [0.1, 0.15) is 5.82 Å². The molecule has 3 unspecified atom stereocenters. The minimum absolute atomic E-state index is 0.0111. The van der Waals surface area contributed by atoms with Crippen molar-refractivity contribution in [1.82, 2.24) is 15.0 Å². The first-order chi connectivity index (χ1) is 42.1. The van der Waals surface area contributed by atoms with E-state index >= 15 is 0 Å². The quantitative estimate of drug-likeness (QED) is 0.234. The Bertz CT molecular complexity index is 3450. The Morgan fingerprint density at radius 3 is 1.20 bits per heavy atom. The van der Waals surface area contributed by atoms with E-state index in [2.05, 4.69) is 120 Å². The maximum atomic E-state index is 13.9. The number of aromatic nitrogens is 3. The number of carbonyl (C=O) groups is 3. The number of pyridine rings is 3. The fraction of sp³-hybridized carbons (Fsp3) is 0.620. The number of alkyl halides is 2. The van der Waals surface area contributed by atoms with E-state index in [4.69, 9.17) is 0 Å². The van der Waals surface area contributed by atoms with Gasteiger partial charge in [-0.25, -0.2) is 13.2 Å². The zero-order valence-corrected chi connectivity index (χ0v) is 54.3. The number of ketones is 3. The van der Waals surface area contributed by atoms with Gasteiger partial charge in [0.15, 0.2) is 17.3 Å². The standard InChI is InChI=1S/C27H33F2NO.C26H32FNO.C26H33NO/c1-4-16-12-20-22-6-5-21(17-11-18(25(28)29)15-30-14-17)26(22,2)10-8-23(20)27(3)9-7-19(31)13-24(16)27;1-4-16-12-20-22-6-5-21(17-11-18(27)15-28-14-17)25(22,2)10-8-23(20)26(3)9-7-19(29)13-24(16)26;1-4-17-14-20-22-8-7-21(18-6-5-13-27-16-18)25(22,2)12-10-23(20)26(3)11-9-19(28)15-24(17)26/h5,11,13-16,20,22-23,25H,4,6-10,12H2,1-3H3;5,11,13-16,20,22-23H,4,6-10,12H2,1-3H3;5-7,13,15-17,20,22-23H,4,8-12,14H2,1-3H3/t16?,20-,22-,23-,26+,27+;16?,20-,22-,23-,25+,26+;17?,20-,22-,23-,25+,26+/m000/s1. The minimum atomic E-state index is -2.49. The van der Waals surface area contributed by atoms with Crippen LogP contribution in [0, 0.1) is 109 Å². The van der Waals surface area contributed by atoms with Crippen LogP contribution in [0.1, 0.15) is 226 Å². The van der Waals surface area contributed by atoms with E-state index < -0.39 is 6.43 Å². The second-order valence-corrected chi connectivity index (χ2v) is 31.5. The number of hydrogen-bond acceptors (Lipinski definition) is 6. The summed E-state index contributed by atoms with van der Waals surface area (Å²) in [4.78, 5) is 49.3. The lowest BCUT2D eigenvalue weighted by molar-refractivity contribution is -0.118. The van der Waals surface area contributed by atoms with Crippen LogP contribution in [-0.2, 0) is 14.4 Å². The summed E-state index contributed by atoms with van der Waals surface area (Å²) in [5.41, 5.74) is 12.6. The van der Waals surface area contributed by atoms with Crippen molar-refractivity contribution in [3.63, 3.8) is 0 Å². The van der Waals surface area contributed by atoms with Crippen LogP contribution >= 0.6 is 0 Å². The number of fused-ring (bicyclic) bond motifs is 15. The van der Waals surface area contributed by atoms with Crippen LogP contribution in [0.2, 0.25) is 0 Å². The lowest BCUT2D eigenvalue weighted by Gasteiger charge is -2.59. The second-order valence-electron chi connectivity index (χ2n) is 31.5. The normalized spacial score (nSPS) is 40.9. The van der Waals surface area contributed by atoms with Crippen molar-refractivity contribution >= 4 is 34.1 Å². The molecule has 0 saturated heterocycles. The molecular weight excluding hydrogens is 1100 g/mol. The van der Waals surface area contributed by atoms with Gasteiger partial charge in [-0.3, -0.25) is 29.3 Å². The number of rotatable bonds is 7. The Hall–Kier alpha value is -5.31. The zero-order valence-electron chi connectivity index (χ0n) is 54.3. The first-order valence-electron chi connectivity index (χ1n) is 34.7. The van der Waals surface area contributed by atoms with Crippen molar-refractivity contribution in [1.29, 1.82) is 0 Å². The molecule has 6 nitrogen and oxygen atoms in total. The molecule has 0 bridgehead atoms. The molecule has 468 valence electrons. The van der Waals surface area contributed by atoms with E-state index in [0.717, 1.165) is 106 Å². The van der Waals surface area contributed by atoms with Crippen molar-refractivity contribution in [3.8, 4) is 0 Å². The number of nitrogens with zero attached hydrogens (tertiary/aromatic N) is 3. The summed E-state index contributed by atoms with van der Waals surface area (Å²) in [6.07, 6.45) is 43.7. The fourth-order valence-electron chi connectivity index (χ4n) is 23.4. The Kier molecular flexibility index (Phi) is 16.2. The predicted octanol–water partition coefficient (Wildman–Crippen LogP) is 19.8. The Balaban J connectivity index is 0.000000122. The molecule has 88 heavy (non-hydrogen) atoms. The van der Waals surface area contributed by atoms with E-state index in [1.165, 1.54) is 90.8 Å². The Morgan fingerprint density at radius 1 is 0.466 bits per heavy atom. The van der Waals surface area contributed by atoms with Crippen LogP contribution in [0.3, 0.4) is 0 Å². The van der Waals surface area contributed by atoms with Crippen LogP contribution in [-0.4, -0.2) is 32.3 Å². The van der Waals surface area contributed by atoms with Gasteiger partial charge in [-0.1, -0.05) is 103 Å². The topological polar surface area (TPSA) is 89.9 Å². The molecule has 0 aromatic carbocycles. The van der Waals surface area contributed by atoms with E-state index in [1.807, 2.05) is 24.5 Å². The van der Waals surface area contributed by atoms with Gasteiger partial charge >= 0.3 is 0 Å². The maximum absolute atomic E-state index is 13.9. The van der Waals surface area contributed by atoms with Gasteiger partial charge in [0, 0.05) is 55.8 Å². The molecule has 6 saturated carbocycles. The lowest BCUT2D eigenvalue weighted by atomic mass is 9.45. The molecule has 12 aliphatic carbocycles. The predicted molar refractivity (Wildman–Crippen MR) is 345 cm³/mol. The molecular formula is C79H98F3N3O3. The molecule has 3 aromatic heterocycles. The zero-order chi connectivity index (χ0) is 61.9. The summed E-state index contributed by atoms with van der Waals surface area (Å²) in [7, 11) is 0. The molecule has 15 rings (SSSR count). The Labute approximate surface area is 523 Å². The van der Waals surface area contributed by atoms with E-state index in [0.29, 0.717) is 83.5 Å². The summed E-state index contributed by atoms with van der Waals surface area (Å²) < 4.78 is 40.5. The van der Waals surface area contributed by atoms with Crippen molar-refractivity contribution in [2.75, 3.05) is 0 Å². The summed E-state index contributed by atoms with van der Waals surface area (Å²) in [6.45, 7) is 21.5. The van der Waals surface area contributed by atoms with Gasteiger partial charge in [0.25, 0.3) is 6.43 Å². The average molecular weight is 1190 g/mol. The van der Waals surface area contributed by atoms with E-state index in [-0.39, 0.29) is 43.9 Å². The first-order valence-corrected chi connectivity index (χ1v) is 34.7. The molecule has 9 heteroatoms. The van der Waals surface area contributed by atoms with Crippen LogP contribution < -0.4 is 0 Å². The molecule has 3 heterocycles. The summed E-state index contributed by atoms with van der Waals surface area (Å²) in [5, 5.41) is 0. The molecule has 0 N–H and O–H groups in total. The van der Waals surface area contributed by atoms with Crippen LogP contribution in [0.25, 0.3) is 16.7 Å². The van der Waals surface area contributed by atoms with Crippen LogP contribution in [0.4, 0.5) is 13.2 Å². The molecule has 0 radical (unpaired) electrons. The highest BCUT2D eigenvalue weighted by molar-refractivity contribution is 5.93. The fourth-order valence-corrected chi connectivity index (χ4v) is 23.4. The van der Waals surface area contributed by atoms with Gasteiger partial charge in [0.05, 0.1) is 6.20 Å². The number of hydrogen-bond donors (Lipinski definition) is 0. The molecule has 3 aromatic rings. The third-order valence-electron chi connectivity index (χ3n) is 27.9. The van der Waals surface area contributed by atoms with Crippen molar-refractivity contribution in [3.05, 3.63) is 143 Å². The van der Waals surface area contributed by atoms with Gasteiger partial charge in [-0.05, 0) is 289 Å². The average Bonchev–Trinajstić information content (AvgIpc) is 1.29. The SMILES string of the molecule is CCC1C[C@@H]2[C@H](CC[C@]3(C)C(c4cccnc4)=CC[C@@H]23)[C@@]2(C)CCC(=O)C=C12.CCC1C[C@@H]2[C@H](CC[C@]3(C)C(c4cncc(C(F)F)c4)=CC[C@@H]23)[C@@]2(C)CCC(=O)C=C12.CCC1C[C@@H]2[C@H](CC[C@]3(C)C(c4cncc(F)c4)=CC[C@@H]23)[C@@]2(C)CCC(=O)C=C12. The molecule has 6 fully saturated rings. The van der Waals surface area contributed by atoms with Gasteiger partial charge in [0.2, 0.25) is 0 Å². The summed E-state index contributed by atoms with van der Waals surface area (Å²) >= 11 is 0. The Morgan fingerprint density at radius 2 is 0.841 bits per heavy atom. The van der Waals surface area contributed by atoms with Crippen molar-refractivity contribution in [2.45, 2.75) is 204 Å². The highest BCUT2D eigenvalue weighted by Gasteiger charge is 2.62. The number of allylic oxidation sites excluding steroid dienone is 12. The highest BCUT2D eigenvalue weighted by Crippen LogP contribution is 2.71. The van der Waals surface area contributed by atoms with Gasteiger partial charge in [-0.15, -0.1) is 0 Å². The summed E-state index contributed by atoms with van der Waals surface area (Å²) in [6, 6.07) is 7.61. The largest absolute Gasteiger partial charge is 0.295 e. The third-order valence-corrected chi connectivity index (χ3v) is 27.9. The minimum Gasteiger partial charge on any atom is -0.295 e. The smallest absolute Gasteiger partial charge is 0.265 e. The molecule has 0 amide bonds. The lowest BCUT2D eigenvalue weighted by Crippen LogP contribution is -2.52. The van der Waals surface area contributed by atoms with Crippen molar-refractivity contribution < 1.29 is 27.6 Å². The van der Waals surface area contributed by atoms with Gasteiger partial charge in [-0.2, -0.15) is 0 Å². The molecule has 0 spiro atoms.